The van der Waals surface area contributed by atoms with E-state index in [4.69, 9.17) is 15.2 Å². The largest absolute Gasteiger partial charge is 0.490 e. The number of rotatable bonds is 2. The number of benzene rings is 1. The number of hydrogen-bond donors (Lipinski definition) is 1. The van der Waals surface area contributed by atoms with Crippen LogP contribution < -0.4 is 15.2 Å². The first kappa shape index (κ1) is 14.4. The van der Waals surface area contributed by atoms with Crippen LogP contribution in [0.5, 0.6) is 11.5 Å². The van der Waals surface area contributed by atoms with Crippen molar-refractivity contribution in [2.45, 2.75) is 19.8 Å². The minimum atomic E-state index is 0.518. The van der Waals surface area contributed by atoms with E-state index in [1.165, 1.54) is 0 Å². The molecule has 1 aliphatic rings. The molecule has 2 aromatic rings. The maximum absolute atomic E-state index is 5.98. The highest BCUT2D eigenvalue weighted by Crippen LogP contribution is 2.33. The van der Waals surface area contributed by atoms with Crippen LogP contribution in [-0.4, -0.2) is 23.2 Å². The molecule has 110 valence electrons. The maximum atomic E-state index is 5.98. The third-order valence-corrected chi connectivity index (χ3v) is 4.46. The Morgan fingerprint density at radius 3 is 2.71 bits per heavy atom. The summed E-state index contributed by atoms with van der Waals surface area (Å²) in [6.07, 6.45) is 1.71. The zero-order chi connectivity index (χ0) is 14.8. The van der Waals surface area contributed by atoms with Crippen LogP contribution in [0.1, 0.15) is 19.0 Å². The molecule has 1 aromatic carbocycles. The lowest BCUT2D eigenvalue weighted by molar-refractivity contribution is 0.297. The zero-order valence-electron chi connectivity index (χ0n) is 11.7. The smallest absolute Gasteiger partial charge is 0.161 e. The molecular weight excluding hydrogens is 381 g/mol. The van der Waals surface area contributed by atoms with Crippen molar-refractivity contribution in [1.29, 1.82) is 0 Å². The van der Waals surface area contributed by atoms with Crippen molar-refractivity contribution in [2.24, 2.45) is 0 Å². The number of anilines is 1. The van der Waals surface area contributed by atoms with Crippen molar-refractivity contribution in [1.82, 2.24) is 9.97 Å². The van der Waals surface area contributed by atoms with Crippen molar-refractivity contribution >= 4 is 28.4 Å². The summed E-state index contributed by atoms with van der Waals surface area (Å²) >= 11 is 2.19. The molecule has 0 saturated heterocycles. The van der Waals surface area contributed by atoms with Gasteiger partial charge in [-0.2, -0.15) is 0 Å². The van der Waals surface area contributed by atoms with Gasteiger partial charge in [-0.15, -0.1) is 0 Å². The Balaban J connectivity index is 2.04. The Hall–Kier alpha value is -1.57. The molecule has 1 aliphatic heterocycles. The molecule has 0 atom stereocenters. The molecule has 0 amide bonds. The Morgan fingerprint density at radius 1 is 1.19 bits per heavy atom. The predicted molar refractivity (Wildman–Crippen MR) is 89.6 cm³/mol. The fraction of sp³-hybridized carbons (Fsp3) is 0.333. The van der Waals surface area contributed by atoms with E-state index in [0.717, 1.165) is 39.2 Å². The van der Waals surface area contributed by atoms with Crippen molar-refractivity contribution in [3.63, 3.8) is 0 Å². The van der Waals surface area contributed by atoms with Crippen LogP contribution in [0, 0.1) is 3.57 Å². The van der Waals surface area contributed by atoms with Gasteiger partial charge in [-0.25, -0.2) is 9.97 Å². The van der Waals surface area contributed by atoms with Gasteiger partial charge in [0.05, 0.1) is 22.5 Å². The van der Waals surface area contributed by atoms with Crippen molar-refractivity contribution in [3.05, 3.63) is 27.5 Å². The average Bonchev–Trinajstić information content (AvgIpc) is 2.74. The topological polar surface area (TPSA) is 70.3 Å². The van der Waals surface area contributed by atoms with Gasteiger partial charge in [-0.05, 0) is 47.2 Å². The third-order valence-electron chi connectivity index (χ3n) is 3.29. The van der Waals surface area contributed by atoms with E-state index in [1.807, 2.05) is 18.2 Å². The van der Waals surface area contributed by atoms with Gasteiger partial charge < -0.3 is 15.2 Å². The lowest BCUT2D eigenvalue weighted by atomic mass is 10.1. The Labute approximate surface area is 137 Å². The van der Waals surface area contributed by atoms with E-state index >= 15 is 0 Å². The molecule has 0 aliphatic carbocycles. The second kappa shape index (κ2) is 6.05. The summed E-state index contributed by atoms with van der Waals surface area (Å²) in [7, 11) is 0. The maximum Gasteiger partial charge on any atom is 0.161 e. The molecule has 0 bridgehead atoms. The van der Waals surface area contributed by atoms with Crippen LogP contribution in [0.4, 0.5) is 5.82 Å². The van der Waals surface area contributed by atoms with E-state index < -0.39 is 0 Å². The molecule has 6 heteroatoms. The molecule has 0 spiro atoms. The quantitative estimate of drug-likeness (QED) is 0.789. The Morgan fingerprint density at radius 2 is 1.95 bits per heavy atom. The van der Waals surface area contributed by atoms with Crippen LogP contribution in [0.15, 0.2) is 18.2 Å². The summed E-state index contributed by atoms with van der Waals surface area (Å²) in [6.45, 7) is 3.40. The van der Waals surface area contributed by atoms with Gasteiger partial charge in [0.15, 0.2) is 17.3 Å². The molecule has 21 heavy (non-hydrogen) atoms. The van der Waals surface area contributed by atoms with E-state index in [9.17, 15) is 0 Å². The van der Waals surface area contributed by atoms with Gasteiger partial charge >= 0.3 is 0 Å². The summed E-state index contributed by atoms with van der Waals surface area (Å²) in [5, 5.41) is 0. The summed E-state index contributed by atoms with van der Waals surface area (Å²) in [5.74, 6) is 2.65. The second-order valence-electron chi connectivity index (χ2n) is 4.76. The van der Waals surface area contributed by atoms with Crippen LogP contribution >= 0.6 is 22.6 Å². The van der Waals surface area contributed by atoms with Crippen LogP contribution in [0.3, 0.4) is 0 Å². The van der Waals surface area contributed by atoms with Gasteiger partial charge in [0.1, 0.15) is 5.82 Å². The lowest BCUT2D eigenvalue weighted by Crippen LogP contribution is -2.04. The highest BCUT2D eigenvalue weighted by Gasteiger charge is 2.14. The number of halogens is 1. The van der Waals surface area contributed by atoms with Crippen LogP contribution in [-0.2, 0) is 6.42 Å². The molecule has 1 aromatic heterocycles. The summed E-state index contributed by atoms with van der Waals surface area (Å²) in [6, 6.07) is 5.76. The van der Waals surface area contributed by atoms with Gasteiger partial charge in [0, 0.05) is 12.0 Å². The summed E-state index contributed by atoms with van der Waals surface area (Å²) < 4.78 is 12.3. The molecular formula is C15H16IN3O2. The number of nitrogens with zero attached hydrogens (tertiary/aromatic N) is 2. The third kappa shape index (κ3) is 2.90. The average molecular weight is 397 g/mol. The molecule has 0 unspecified atom stereocenters. The van der Waals surface area contributed by atoms with Gasteiger partial charge in [-0.1, -0.05) is 6.92 Å². The molecule has 0 radical (unpaired) electrons. The fourth-order valence-corrected chi connectivity index (χ4v) is 2.80. The Kier molecular flexibility index (Phi) is 4.14. The van der Waals surface area contributed by atoms with Crippen molar-refractivity contribution in [3.8, 4) is 22.9 Å². The van der Waals surface area contributed by atoms with Crippen LogP contribution in [0.2, 0.25) is 0 Å². The number of fused-ring (bicyclic) bond motifs is 1. The Bertz CT molecular complexity index is 676. The first-order valence-electron chi connectivity index (χ1n) is 6.91. The highest BCUT2D eigenvalue weighted by atomic mass is 127. The van der Waals surface area contributed by atoms with Gasteiger partial charge in [0.2, 0.25) is 0 Å². The highest BCUT2D eigenvalue weighted by molar-refractivity contribution is 14.1. The monoisotopic (exact) mass is 397 g/mol. The first-order valence-corrected chi connectivity index (χ1v) is 7.99. The SMILES string of the molecule is CCc1nc(-c2ccc3c(c2)OCCCO3)nc(N)c1I. The number of nitrogens with two attached hydrogens (primary N) is 1. The molecule has 2 N–H and O–H groups in total. The number of nitrogen functional groups attached to an aromatic ring is 1. The van der Waals surface area contributed by atoms with E-state index in [-0.39, 0.29) is 0 Å². The molecule has 0 saturated carbocycles. The van der Waals surface area contributed by atoms with Crippen molar-refractivity contribution in [2.75, 3.05) is 18.9 Å². The zero-order valence-corrected chi connectivity index (χ0v) is 13.9. The van der Waals surface area contributed by atoms with Crippen molar-refractivity contribution < 1.29 is 9.47 Å². The molecule has 2 heterocycles. The standard InChI is InChI=1S/C15H16IN3O2/c1-2-10-13(16)14(17)19-15(18-10)9-4-5-11-12(8-9)21-7-3-6-20-11/h4-5,8H,2-3,6-7H2,1H3,(H2,17,18,19). The van der Waals surface area contributed by atoms with E-state index in [0.29, 0.717) is 24.9 Å². The number of hydrogen-bond acceptors (Lipinski definition) is 5. The lowest BCUT2D eigenvalue weighted by Gasteiger charge is -2.11. The molecule has 5 nitrogen and oxygen atoms in total. The minimum absolute atomic E-state index is 0.518. The molecule has 3 rings (SSSR count). The van der Waals surface area contributed by atoms with E-state index in [1.54, 1.807) is 0 Å². The normalized spacial score (nSPS) is 13.8. The fourth-order valence-electron chi connectivity index (χ4n) is 2.18. The van der Waals surface area contributed by atoms with E-state index in [2.05, 4.69) is 39.5 Å². The summed E-state index contributed by atoms with van der Waals surface area (Å²) in [5.41, 5.74) is 7.83. The number of aromatic nitrogens is 2. The van der Waals surface area contributed by atoms with Crippen LogP contribution in [0.25, 0.3) is 11.4 Å². The minimum Gasteiger partial charge on any atom is -0.490 e. The number of ether oxygens (including phenoxy) is 2. The predicted octanol–water partition coefficient (Wildman–Crippen LogP) is 3.05. The summed E-state index contributed by atoms with van der Waals surface area (Å²) in [4.78, 5) is 8.99. The second-order valence-corrected chi connectivity index (χ2v) is 5.84. The van der Waals surface area contributed by atoms with Gasteiger partial charge in [0.25, 0.3) is 0 Å². The first-order chi connectivity index (χ1) is 10.2. The number of aryl methyl sites for hydroxylation is 1. The molecule has 0 fully saturated rings. The van der Waals surface area contributed by atoms with Gasteiger partial charge in [-0.3, -0.25) is 0 Å².